The van der Waals surface area contributed by atoms with E-state index in [0.29, 0.717) is 34.0 Å². The molecule has 0 N–H and O–H groups in total. The van der Waals surface area contributed by atoms with Gasteiger partial charge in [0.15, 0.2) is 16.3 Å². The fourth-order valence-corrected chi connectivity index (χ4v) is 6.44. The normalized spacial score (nSPS) is 16.2. The average molecular weight is 539 g/mol. The van der Waals surface area contributed by atoms with E-state index in [4.69, 9.17) is 19.2 Å². The van der Waals surface area contributed by atoms with Gasteiger partial charge in [-0.3, -0.25) is 9.36 Å². The smallest absolute Gasteiger partial charge is 0.271 e. The summed E-state index contributed by atoms with van der Waals surface area (Å²) in [5.74, 6) is 2.14. The van der Waals surface area contributed by atoms with Crippen LogP contribution in [0.5, 0.6) is 17.2 Å². The minimum atomic E-state index is -0.225. The van der Waals surface area contributed by atoms with Crippen LogP contribution in [0.3, 0.4) is 0 Å². The number of allylic oxidation sites excluding steroid dienone is 1. The topological polar surface area (TPSA) is 62.0 Å². The molecule has 0 radical (unpaired) electrons. The molecule has 7 heteroatoms. The molecule has 0 saturated carbocycles. The number of hydrogen-bond acceptors (Lipinski definition) is 6. The second kappa shape index (κ2) is 10.6. The lowest BCUT2D eigenvalue weighted by atomic mass is 9.83. The highest BCUT2D eigenvalue weighted by molar-refractivity contribution is 7.07. The number of aromatic nitrogens is 1. The average Bonchev–Trinajstić information content (AvgIpc) is 3.27. The minimum Gasteiger partial charge on any atom is -0.494 e. The first kappa shape index (κ1) is 25.2. The summed E-state index contributed by atoms with van der Waals surface area (Å²) in [4.78, 5) is 19.8. The van der Waals surface area contributed by atoms with Crippen LogP contribution >= 0.6 is 11.3 Å². The highest BCUT2D eigenvalue weighted by Gasteiger charge is 2.32. The quantitative estimate of drug-likeness (QED) is 0.328. The predicted molar refractivity (Wildman–Crippen MR) is 155 cm³/mol. The number of methoxy groups -OCH3 is 1. The van der Waals surface area contributed by atoms with Gasteiger partial charge in [0.2, 0.25) is 0 Å². The molecule has 1 aliphatic carbocycles. The van der Waals surface area contributed by atoms with Gasteiger partial charge in [-0.05, 0) is 79.3 Å². The van der Waals surface area contributed by atoms with E-state index in [0.717, 1.165) is 41.0 Å². The number of benzene rings is 3. The summed E-state index contributed by atoms with van der Waals surface area (Å²) in [7, 11) is 1.62. The number of fused-ring (bicyclic) bond motifs is 3. The number of rotatable bonds is 7. The van der Waals surface area contributed by atoms with Gasteiger partial charge >= 0.3 is 0 Å². The molecule has 0 fully saturated rings. The first-order chi connectivity index (χ1) is 19.1. The molecule has 1 aliphatic heterocycles. The largest absolute Gasteiger partial charge is 0.494 e. The van der Waals surface area contributed by atoms with Crippen LogP contribution in [0.2, 0.25) is 0 Å². The van der Waals surface area contributed by atoms with E-state index in [9.17, 15) is 4.79 Å². The van der Waals surface area contributed by atoms with Crippen LogP contribution < -0.4 is 29.1 Å². The van der Waals surface area contributed by atoms with Crippen molar-refractivity contribution in [1.29, 1.82) is 0 Å². The molecule has 0 saturated heterocycles. The maximum atomic E-state index is 14.0. The monoisotopic (exact) mass is 538 g/mol. The van der Waals surface area contributed by atoms with Gasteiger partial charge in [0.1, 0.15) is 5.75 Å². The third-order valence-electron chi connectivity index (χ3n) is 7.17. The molecule has 2 heterocycles. The SMILES string of the molecule is CCOc1ccc(C2C3=C(N=c4sc(=Cc5ccc(OC)c(OCC)c5)c(=O)n42)c2ccccc2CC3)cc1. The first-order valence-corrected chi connectivity index (χ1v) is 14.1. The zero-order valence-corrected chi connectivity index (χ0v) is 23.1. The summed E-state index contributed by atoms with van der Waals surface area (Å²) >= 11 is 1.42. The Bertz CT molecular complexity index is 1750. The Balaban J connectivity index is 1.54. The molecule has 4 aromatic rings. The van der Waals surface area contributed by atoms with Gasteiger partial charge in [0, 0.05) is 5.56 Å². The van der Waals surface area contributed by atoms with E-state index in [1.807, 2.05) is 54.8 Å². The highest BCUT2D eigenvalue weighted by Crippen LogP contribution is 2.41. The Hall–Kier alpha value is -4.10. The fraction of sp³-hybridized carbons (Fsp3) is 0.250. The molecule has 2 aliphatic rings. The summed E-state index contributed by atoms with van der Waals surface area (Å²) in [5.41, 5.74) is 6.51. The van der Waals surface area contributed by atoms with Crippen LogP contribution in [0.4, 0.5) is 0 Å². The van der Waals surface area contributed by atoms with Crippen molar-refractivity contribution >= 4 is 23.1 Å². The predicted octanol–water partition coefficient (Wildman–Crippen LogP) is 5.12. The van der Waals surface area contributed by atoms with Gasteiger partial charge < -0.3 is 14.2 Å². The van der Waals surface area contributed by atoms with Gasteiger partial charge in [-0.2, -0.15) is 0 Å². The third-order valence-corrected chi connectivity index (χ3v) is 8.15. The molecule has 0 spiro atoms. The number of thiazole rings is 1. The van der Waals surface area contributed by atoms with Gasteiger partial charge in [0.25, 0.3) is 5.56 Å². The molecule has 1 atom stereocenters. The van der Waals surface area contributed by atoms with Crippen LogP contribution in [-0.2, 0) is 6.42 Å². The summed E-state index contributed by atoms with van der Waals surface area (Å²) in [5, 5.41) is 0. The number of nitrogens with zero attached hydrogens (tertiary/aromatic N) is 2. The summed E-state index contributed by atoms with van der Waals surface area (Å²) < 4.78 is 19.4. The molecular formula is C32H30N2O4S. The molecule has 1 aromatic heterocycles. The summed E-state index contributed by atoms with van der Waals surface area (Å²) in [6.45, 7) is 5.04. The van der Waals surface area contributed by atoms with Crippen LogP contribution in [0.25, 0.3) is 11.8 Å². The number of hydrogen-bond donors (Lipinski definition) is 0. The molecule has 39 heavy (non-hydrogen) atoms. The molecule has 198 valence electrons. The van der Waals surface area contributed by atoms with Crippen molar-refractivity contribution < 1.29 is 14.2 Å². The van der Waals surface area contributed by atoms with Gasteiger partial charge in [-0.1, -0.05) is 53.8 Å². The second-order valence-corrected chi connectivity index (χ2v) is 10.5. The highest BCUT2D eigenvalue weighted by atomic mass is 32.1. The number of ether oxygens (including phenoxy) is 3. The van der Waals surface area contributed by atoms with Gasteiger partial charge in [-0.25, -0.2) is 4.99 Å². The van der Waals surface area contributed by atoms with E-state index in [1.165, 1.54) is 22.5 Å². The second-order valence-electron chi connectivity index (χ2n) is 9.46. The van der Waals surface area contributed by atoms with E-state index >= 15 is 0 Å². The van der Waals surface area contributed by atoms with Gasteiger partial charge in [0.05, 0.1) is 36.6 Å². The van der Waals surface area contributed by atoms with Crippen molar-refractivity contribution in [3.63, 3.8) is 0 Å². The van der Waals surface area contributed by atoms with E-state index in [-0.39, 0.29) is 11.6 Å². The summed E-state index contributed by atoms with van der Waals surface area (Å²) in [6.07, 6.45) is 3.69. The Labute approximate surface area is 231 Å². The van der Waals surface area contributed by atoms with Crippen molar-refractivity contribution in [1.82, 2.24) is 4.57 Å². The lowest BCUT2D eigenvalue weighted by Crippen LogP contribution is -2.38. The zero-order chi connectivity index (χ0) is 26.9. The Morgan fingerprint density at radius 1 is 0.974 bits per heavy atom. The lowest BCUT2D eigenvalue weighted by Gasteiger charge is -2.30. The molecule has 3 aromatic carbocycles. The van der Waals surface area contributed by atoms with Crippen molar-refractivity contribution in [2.45, 2.75) is 32.7 Å². The molecule has 6 nitrogen and oxygen atoms in total. The number of aryl methyl sites for hydroxylation is 1. The third kappa shape index (κ3) is 4.57. The summed E-state index contributed by atoms with van der Waals surface area (Å²) in [6, 6.07) is 22.1. The van der Waals surface area contributed by atoms with Crippen molar-refractivity contribution in [2.75, 3.05) is 20.3 Å². The van der Waals surface area contributed by atoms with Crippen LogP contribution in [0.1, 0.15) is 48.6 Å². The van der Waals surface area contributed by atoms with E-state index < -0.39 is 0 Å². The molecular weight excluding hydrogens is 508 g/mol. The fourth-order valence-electron chi connectivity index (χ4n) is 5.44. The van der Waals surface area contributed by atoms with E-state index in [2.05, 4.69) is 36.4 Å². The Morgan fingerprint density at radius 3 is 2.54 bits per heavy atom. The van der Waals surface area contributed by atoms with Crippen LogP contribution in [0.15, 0.2) is 82.1 Å². The minimum absolute atomic E-state index is 0.0446. The molecule has 0 bridgehead atoms. The maximum Gasteiger partial charge on any atom is 0.271 e. The molecule has 1 unspecified atom stereocenters. The standard InChI is InChI=1S/C32H30N2O4S/c1-4-37-23-14-11-22(12-15-23)30-25-16-13-21-8-6-7-9-24(21)29(25)33-32-34(30)31(35)28(39-32)19-20-10-17-26(36-3)27(18-20)38-5-2/h6-12,14-15,17-19,30H,4-5,13,16H2,1-3H3. The zero-order valence-electron chi connectivity index (χ0n) is 22.3. The van der Waals surface area contributed by atoms with Crippen LogP contribution in [0, 0.1) is 0 Å². The lowest BCUT2D eigenvalue weighted by molar-refractivity contribution is 0.311. The Morgan fingerprint density at radius 2 is 1.77 bits per heavy atom. The molecule has 0 amide bonds. The van der Waals surface area contributed by atoms with Crippen molar-refractivity contribution in [3.8, 4) is 17.2 Å². The first-order valence-electron chi connectivity index (χ1n) is 13.3. The van der Waals surface area contributed by atoms with Crippen molar-refractivity contribution in [2.24, 2.45) is 4.99 Å². The Kier molecular flexibility index (Phi) is 6.83. The van der Waals surface area contributed by atoms with Crippen LogP contribution in [-0.4, -0.2) is 24.9 Å². The van der Waals surface area contributed by atoms with E-state index in [1.54, 1.807) is 7.11 Å². The van der Waals surface area contributed by atoms with Gasteiger partial charge in [-0.15, -0.1) is 0 Å². The molecule has 6 rings (SSSR count). The van der Waals surface area contributed by atoms with Crippen molar-refractivity contribution in [3.05, 3.63) is 114 Å². The maximum absolute atomic E-state index is 14.0.